The summed E-state index contributed by atoms with van der Waals surface area (Å²) in [5.74, 6) is 0.559. The Balaban J connectivity index is 1.67. The molecule has 2 N–H and O–H groups in total. The number of hydrogen-bond donors (Lipinski definition) is 2. The summed E-state index contributed by atoms with van der Waals surface area (Å²) in [6.07, 6.45) is 7.48. The summed E-state index contributed by atoms with van der Waals surface area (Å²) in [4.78, 5) is 32.5. The normalized spacial score (nSPS) is 17.7. The van der Waals surface area contributed by atoms with E-state index in [4.69, 9.17) is 4.74 Å². The Hall–Kier alpha value is -2.61. The number of carbonyl (C=O) groups excluding carboxylic acids is 2. The van der Waals surface area contributed by atoms with Gasteiger partial charge >= 0.3 is 6.03 Å². The molecule has 1 aliphatic carbocycles. The first-order valence-electron chi connectivity index (χ1n) is 10.1. The Bertz CT molecular complexity index is 988. The molecule has 0 radical (unpaired) electrons. The number of urea groups is 1. The van der Waals surface area contributed by atoms with Gasteiger partial charge < -0.3 is 20.3 Å². The fourth-order valence-electron chi connectivity index (χ4n) is 4.39. The van der Waals surface area contributed by atoms with E-state index in [0.717, 1.165) is 34.9 Å². The number of rotatable bonds is 4. The summed E-state index contributed by atoms with van der Waals surface area (Å²) in [7, 11) is 1.61. The van der Waals surface area contributed by atoms with Gasteiger partial charge in [-0.15, -0.1) is 0 Å². The molecule has 2 heterocycles. The molecular weight excluding hydrogens is 448 g/mol. The van der Waals surface area contributed by atoms with E-state index in [1.54, 1.807) is 24.4 Å². The highest BCUT2D eigenvalue weighted by Crippen LogP contribution is 2.40. The van der Waals surface area contributed by atoms with Gasteiger partial charge in [-0.2, -0.15) is 0 Å². The van der Waals surface area contributed by atoms with Crippen LogP contribution in [0.5, 0.6) is 5.75 Å². The lowest BCUT2D eigenvalue weighted by Crippen LogP contribution is -2.61. The van der Waals surface area contributed by atoms with E-state index in [-0.39, 0.29) is 11.9 Å². The van der Waals surface area contributed by atoms with Crippen molar-refractivity contribution in [1.29, 1.82) is 0 Å². The van der Waals surface area contributed by atoms with Crippen molar-refractivity contribution < 1.29 is 14.3 Å². The molecule has 158 valence electrons. The van der Waals surface area contributed by atoms with Gasteiger partial charge in [0.2, 0.25) is 5.91 Å². The van der Waals surface area contributed by atoms with Crippen LogP contribution in [-0.4, -0.2) is 34.5 Å². The summed E-state index contributed by atoms with van der Waals surface area (Å²) >= 11 is 3.53. The molecule has 1 saturated carbocycles. The summed E-state index contributed by atoms with van der Waals surface area (Å²) in [5, 5.41) is 5.96. The van der Waals surface area contributed by atoms with Gasteiger partial charge in [0.25, 0.3) is 0 Å². The predicted octanol–water partition coefficient (Wildman–Crippen LogP) is 4.85. The van der Waals surface area contributed by atoms with Gasteiger partial charge in [-0.3, -0.25) is 9.78 Å². The second-order valence-electron chi connectivity index (χ2n) is 7.89. The molecule has 30 heavy (non-hydrogen) atoms. The standard InChI is InChI=1S/C22H25BrN4O3/c1-14-6-7-15(10-19(14)30-2)25-20(28)22(8-4-3-5-9-22)27-13-16-17(23)11-24-12-18(16)26-21(27)29/h6-7,10-12H,3-5,8-9,13H2,1-2H3,(H,25,28)(H,26,29). The highest BCUT2D eigenvalue weighted by molar-refractivity contribution is 9.10. The second-order valence-corrected chi connectivity index (χ2v) is 8.75. The lowest BCUT2D eigenvalue weighted by molar-refractivity contribution is -0.128. The predicted molar refractivity (Wildman–Crippen MR) is 119 cm³/mol. The number of ether oxygens (including phenoxy) is 1. The van der Waals surface area contributed by atoms with E-state index >= 15 is 0 Å². The van der Waals surface area contributed by atoms with E-state index in [1.165, 1.54) is 0 Å². The van der Waals surface area contributed by atoms with E-state index in [0.29, 0.717) is 36.5 Å². The fraction of sp³-hybridized carbons (Fsp3) is 0.409. The number of aryl methyl sites for hydroxylation is 1. The van der Waals surface area contributed by atoms with Crippen molar-refractivity contribution in [2.24, 2.45) is 0 Å². The minimum Gasteiger partial charge on any atom is -0.496 e. The number of carbonyl (C=O) groups is 2. The van der Waals surface area contributed by atoms with Gasteiger partial charge in [0.05, 0.1) is 25.5 Å². The van der Waals surface area contributed by atoms with Gasteiger partial charge in [-0.25, -0.2) is 4.79 Å². The zero-order chi connectivity index (χ0) is 21.3. The zero-order valence-electron chi connectivity index (χ0n) is 17.1. The molecule has 4 rings (SSSR count). The van der Waals surface area contributed by atoms with Crippen molar-refractivity contribution >= 4 is 39.2 Å². The van der Waals surface area contributed by atoms with Gasteiger partial charge in [0.1, 0.15) is 11.3 Å². The Morgan fingerprint density at radius 3 is 2.77 bits per heavy atom. The number of hydrogen-bond acceptors (Lipinski definition) is 4. The lowest BCUT2D eigenvalue weighted by atomic mass is 9.78. The van der Waals surface area contributed by atoms with E-state index in [1.807, 2.05) is 25.1 Å². The average Bonchev–Trinajstić information content (AvgIpc) is 2.75. The van der Waals surface area contributed by atoms with Gasteiger partial charge in [-0.1, -0.05) is 25.3 Å². The van der Waals surface area contributed by atoms with Crippen LogP contribution in [-0.2, 0) is 11.3 Å². The Morgan fingerprint density at radius 1 is 1.27 bits per heavy atom. The first kappa shape index (κ1) is 20.7. The quantitative estimate of drug-likeness (QED) is 0.665. The first-order valence-corrected chi connectivity index (χ1v) is 10.9. The van der Waals surface area contributed by atoms with Crippen molar-refractivity contribution in [3.8, 4) is 5.75 Å². The maximum Gasteiger partial charge on any atom is 0.323 e. The number of methoxy groups -OCH3 is 1. The van der Waals surface area contributed by atoms with Gasteiger partial charge in [0, 0.05) is 28.0 Å². The summed E-state index contributed by atoms with van der Waals surface area (Å²) in [6.45, 7) is 2.31. The smallest absolute Gasteiger partial charge is 0.323 e. The van der Waals surface area contributed by atoms with Crippen LogP contribution in [0.1, 0.15) is 43.2 Å². The number of pyridine rings is 1. The number of halogens is 1. The van der Waals surface area contributed by atoms with Crippen LogP contribution in [0.4, 0.5) is 16.2 Å². The number of nitrogens with zero attached hydrogens (tertiary/aromatic N) is 2. The Morgan fingerprint density at radius 2 is 2.03 bits per heavy atom. The summed E-state index contributed by atoms with van der Waals surface area (Å²) in [5.41, 5.74) is 2.37. The first-order chi connectivity index (χ1) is 14.4. The van der Waals surface area contributed by atoms with Gasteiger partial charge in [-0.05, 0) is 47.3 Å². The molecule has 1 aromatic carbocycles. The molecule has 1 aliphatic heterocycles. The maximum atomic E-state index is 13.6. The van der Waals surface area contributed by atoms with Crippen molar-refractivity contribution in [3.63, 3.8) is 0 Å². The molecule has 2 aliphatic rings. The SMILES string of the molecule is COc1cc(NC(=O)C2(N3Cc4c(Br)cncc4NC3=O)CCCCC2)ccc1C. The highest BCUT2D eigenvalue weighted by Gasteiger charge is 2.48. The molecular formula is C22H25BrN4O3. The van der Waals surface area contributed by atoms with Crippen LogP contribution >= 0.6 is 15.9 Å². The number of amides is 3. The van der Waals surface area contributed by atoms with E-state index < -0.39 is 5.54 Å². The third-order valence-electron chi connectivity index (χ3n) is 6.09. The molecule has 0 bridgehead atoms. The van der Waals surface area contributed by atoms with Crippen LogP contribution in [0.25, 0.3) is 0 Å². The van der Waals surface area contributed by atoms with Gasteiger partial charge in [0.15, 0.2) is 0 Å². The molecule has 7 nitrogen and oxygen atoms in total. The van der Waals surface area contributed by atoms with Crippen molar-refractivity contribution in [2.45, 2.75) is 51.1 Å². The van der Waals surface area contributed by atoms with Crippen LogP contribution in [0.3, 0.4) is 0 Å². The maximum absolute atomic E-state index is 13.6. The minimum atomic E-state index is -0.902. The van der Waals surface area contributed by atoms with Crippen LogP contribution in [0.2, 0.25) is 0 Å². The topological polar surface area (TPSA) is 83.6 Å². The molecule has 0 saturated heterocycles. The fourth-order valence-corrected chi connectivity index (χ4v) is 4.85. The molecule has 2 aromatic rings. The zero-order valence-corrected chi connectivity index (χ0v) is 18.7. The van der Waals surface area contributed by atoms with E-state index in [9.17, 15) is 9.59 Å². The van der Waals surface area contributed by atoms with Crippen molar-refractivity contribution in [3.05, 3.63) is 46.2 Å². The lowest BCUT2D eigenvalue weighted by Gasteiger charge is -2.46. The molecule has 1 aromatic heterocycles. The number of benzene rings is 1. The largest absolute Gasteiger partial charge is 0.496 e. The molecule has 0 unspecified atom stereocenters. The Kier molecular flexibility index (Phi) is 5.69. The highest BCUT2D eigenvalue weighted by atomic mass is 79.9. The van der Waals surface area contributed by atoms with Crippen LogP contribution in [0.15, 0.2) is 35.1 Å². The molecule has 1 fully saturated rings. The third-order valence-corrected chi connectivity index (χ3v) is 6.78. The average molecular weight is 473 g/mol. The molecule has 0 spiro atoms. The van der Waals surface area contributed by atoms with Crippen LogP contribution < -0.4 is 15.4 Å². The number of nitrogens with one attached hydrogen (secondary N) is 2. The summed E-state index contributed by atoms with van der Waals surface area (Å²) < 4.78 is 6.21. The van der Waals surface area contributed by atoms with E-state index in [2.05, 4.69) is 31.5 Å². The molecule has 0 atom stereocenters. The number of aromatic nitrogens is 1. The molecule has 3 amide bonds. The minimum absolute atomic E-state index is 0.156. The molecule has 8 heteroatoms. The number of anilines is 2. The Labute approximate surface area is 184 Å². The van der Waals surface area contributed by atoms with Crippen LogP contribution in [0, 0.1) is 6.92 Å². The number of fused-ring (bicyclic) bond motifs is 1. The van der Waals surface area contributed by atoms with Crippen molar-refractivity contribution in [1.82, 2.24) is 9.88 Å². The summed E-state index contributed by atoms with van der Waals surface area (Å²) in [6, 6.07) is 5.33. The third kappa shape index (κ3) is 3.64. The second kappa shape index (κ2) is 8.26. The van der Waals surface area contributed by atoms with Crippen molar-refractivity contribution in [2.75, 3.05) is 17.7 Å². The monoisotopic (exact) mass is 472 g/mol.